The molecule has 1 aliphatic carbocycles. The topological polar surface area (TPSA) is 146 Å². The van der Waals surface area contributed by atoms with E-state index < -0.39 is 18.3 Å². The number of hydrogen-bond acceptors (Lipinski definition) is 8. The van der Waals surface area contributed by atoms with Crippen LogP contribution in [0.15, 0.2) is 24.5 Å². The Kier molecular flexibility index (Phi) is 6.35. The van der Waals surface area contributed by atoms with Gasteiger partial charge in [-0.2, -0.15) is 0 Å². The summed E-state index contributed by atoms with van der Waals surface area (Å²) in [6, 6.07) is 4.13. The highest BCUT2D eigenvalue weighted by atomic mass is 19.1. The van der Waals surface area contributed by atoms with Crippen molar-refractivity contribution in [2.45, 2.75) is 31.2 Å². The Labute approximate surface area is 183 Å². The van der Waals surface area contributed by atoms with Crippen molar-refractivity contribution < 1.29 is 28.9 Å². The molecule has 1 aromatic carbocycles. The van der Waals surface area contributed by atoms with E-state index in [2.05, 4.69) is 25.9 Å². The molecule has 1 aromatic heterocycles. The van der Waals surface area contributed by atoms with E-state index in [0.717, 1.165) is 12.0 Å². The van der Waals surface area contributed by atoms with E-state index in [1.807, 2.05) is 0 Å². The van der Waals surface area contributed by atoms with Crippen LogP contribution in [-0.2, 0) is 9.59 Å². The molecule has 170 valence electrons. The molecule has 1 amide bonds. The van der Waals surface area contributed by atoms with Crippen LogP contribution >= 0.6 is 0 Å². The van der Waals surface area contributed by atoms with Crippen LogP contribution in [0.1, 0.15) is 30.7 Å². The maximum Gasteiger partial charge on any atom is 0.322 e. The summed E-state index contributed by atoms with van der Waals surface area (Å²) < 4.78 is 19.2. The van der Waals surface area contributed by atoms with Gasteiger partial charge in [-0.25, -0.2) is 14.4 Å². The van der Waals surface area contributed by atoms with Crippen molar-refractivity contribution in [3.8, 4) is 5.75 Å². The number of aliphatic hydroxyl groups excluding tert-OH is 1. The predicted molar refractivity (Wildman–Crippen MR) is 112 cm³/mol. The van der Waals surface area contributed by atoms with Crippen LogP contribution in [-0.4, -0.2) is 57.9 Å². The van der Waals surface area contributed by atoms with E-state index >= 15 is 0 Å². The summed E-state index contributed by atoms with van der Waals surface area (Å²) in [6.45, 7) is -0.605. The minimum atomic E-state index is -1.08. The smallest absolute Gasteiger partial charge is 0.322 e. The van der Waals surface area contributed by atoms with Gasteiger partial charge in [0.15, 0.2) is 0 Å². The van der Waals surface area contributed by atoms with Crippen LogP contribution < -0.4 is 20.7 Å². The van der Waals surface area contributed by atoms with Crippen LogP contribution in [0.5, 0.6) is 5.75 Å². The fraction of sp³-hybridized carbons (Fsp3) is 0.429. The summed E-state index contributed by atoms with van der Waals surface area (Å²) >= 11 is 0. The number of fused-ring (bicyclic) bond motifs is 3. The summed E-state index contributed by atoms with van der Waals surface area (Å²) in [5, 5.41) is 26.9. The molecule has 0 radical (unpaired) electrons. The normalized spacial score (nSPS) is 21.1. The van der Waals surface area contributed by atoms with Gasteiger partial charge in [-0.05, 0) is 31.4 Å². The average molecular weight is 445 g/mol. The van der Waals surface area contributed by atoms with Crippen LogP contribution in [0, 0.1) is 11.7 Å². The lowest BCUT2D eigenvalue weighted by molar-refractivity contribution is -0.138. The van der Waals surface area contributed by atoms with Crippen molar-refractivity contribution in [3.63, 3.8) is 0 Å². The second-order valence-electron chi connectivity index (χ2n) is 7.80. The Bertz CT molecular complexity index is 1020. The molecular formula is C21H24FN5O5. The van der Waals surface area contributed by atoms with E-state index in [9.17, 15) is 14.0 Å². The lowest BCUT2D eigenvalue weighted by Gasteiger charge is -2.31. The third-order valence-corrected chi connectivity index (χ3v) is 5.76. The van der Waals surface area contributed by atoms with Gasteiger partial charge in [0, 0.05) is 29.5 Å². The third kappa shape index (κ3) is 4.57. The standard InChI is InChI=1S/C21H24FN5O5/c22-12-2-4-15(16(8-12)32-6-5-28)27-20-18-13-7-11(21(31)23-9-17(29)30)1-3-14(13)26-19(18)24-10-25-20/h2,4,8,10-11,13-14,28H,1,3,5-7,9H2,(H,23,31)(H,29,30)(H2,24,25,26,27). The molecule has 1 saturated carbocycles. The van der Waals surface area contributed by atoms with Gasteiger partial charge in [-0.15, -0.1) is 0 Å². The zero-order valence-electron chi connectivity index (χ0n) is 17.2. The first-order valence-electron chi connectivity index (χ1n) is 10.4. The van der Waals surface area contributed by atoms with Crippen molar-refractivity contribution in [3.05, 3.63) is 35.9 Å². The van der Waals surface area contributed by atoms with Crippen LogP contribution in [0.25, 0.3) is 0 Å². The van der Waals surface area contributed by atoms with Gasteiger partial charge in [0.25, 0.3) is 0 Å². The van der Waals surface area contributed by atoms with Gasteiger partial charge in [0.05, 0.1) is 12.3 Å². The second-order valence-corrected chi connectivity index (χ2v) is 7.80. The Hall–Kier alpha value is -3.47. The highest BCUT2D eigenvalue weighted by Crippen LogP contribution is 2.48. The first-order chi connectivity index (χ1) is 15.5. The Morgan fingerprint density at radius 1 is 1.28 bits per heavy atom. The molecule has 5 N–H and O–H groups in total. The first-order valence-corrected chi connectivity index (χ1v) is 10.4. The minimum absolute atomic E-state index is 0.0133. The number of nitrogens with zero attached hydrogens (tertiary/aromatic N) is 2. The van der Waals surface area contributed by atoms with Crippen molar-refractivity contribution in [2.75, 3.05) is 30.4 Å². The lowest BCUT2D eigenvalue weighted by Crippen LogP contribution is -2.39. The lowest BCUT2D eigenvalue weighted by atomic mass is 9.76. The van der Waals surface area contributed by atoms with Gasteiger partial charge < -0.3 is 30.9 Å². The summed E-state index contributed by atoms with van der Waals surface area (Å²) in [4.78, 5) is 31.9. The van der Waals surface area contributed by atoms with Gasteiger partial charge in [0.2, 0.25) is 5.91 Å². The number of ether oxygens (including phenoxy) is 1. The molecule has 0 bridgehead atoms. The van der Waals surface area contributed by atoms with Crippen molar-refractivity contribution in [1.29, 1.82) is 0 Å². The van der Waals surface area contributed by atoms with Gasteiger partial charge in [-0.3, -0.25) is 9.59 Å². The van der Waals surface area contributed by atoms with Gasteiger partial charge in [-0.1, -0.05) is 0 Å². The van der Waals surface area contributed by atoms with E-state index in [1.54, 1.807) is 0 Å². The highest BCUT2D eigenvalue weighted by molar-refractivity contribution is 5.83. The highest BCUT2D eigenvalue weighted by Gasteiger charge is 2.42. The van der Waals surface area contributed by atoms with Crippen LogP contribution in [0.2, 0.25) is 0 Å². The fourth-order valence-corrected chi connectivity index (χ4v) is 4.35. The molecule has 2 aromatic rings. The number of benzene rings is 1. The molecule has 0 spiro atoms. The Balaban J connectivity index is 1.57. The maximum absolute atomic E-state index is 13.7. The predicted octanol–water partition coefficient (Wildman–Crippen LogP) is 1.61. The molecule has 32 heavy (non-hydrogen) atoms. The van der Waals surface area contributed by atoms with E-state index in [-0.39, 0.29) is 42.7 Å². The third-order valence-electron chi connectivity index (χ3n) is 5.76. The summed E-state index contributed by atoms with van der Waals surface area (Å²) in [5.74, 6) is -0.770. The van der Waals surface area contributed by atoms with Gasteiger partial charge in [0.1, 0.15) is 42.7 Å². The zero-order valence-corrected chi connectivity index (χ0v) is 17.2. The van der Waals surface area contributed by atoms with Crippen LogP contribution in [0.4, 0.5) is 21.7 Å². The fourth-order valence-electron chi connectivity index (χ4n) is 4.35. The van der Waals surface area contributed by atoms with E-state index in [0.29, 0.717) is 30.2 Å². The number of carboxylic acids is 1. The number of carbonyl (C=O) groups excluding carboxylic acids is 1. The minimum Gasteiger partial charge on any atom is -0.489 e. The van der Waals surface area contributed by atoms with Crippen LogP contribution in [0.3, 0.4) is 0 Å². The van der Waals surface area contributed by atoms with E-state index in [1.165, 1.54) is 24.5 Å². The molecular weight excluding hydrogens is 421 g/mol. The molecule has 3 unspecified atom stereocenters. The number of aliphatic hydroxyl groups is 1. The second kappa shape index (κ2) is 9.35. The number of amides is 1. The molecule has 1 aliphatic heterocycles. The van der Waals surface area contributed by atoms with Crippen molar-refractivity contribution >= 4 is 29.2 Å². The number of halogens is 1. The summed E-state index contributed by atoms with van der Waals surface area (Å²) in [6.07, 6.45) is 3.31. The Morgan fingerprint density at radius 2 is 2.12 bits per heavy atom. The molecule has 11 heteroatoms. The molecule has 2 heterocycles. The zero-order chi connectivity index (χ0) is 22.7. The van der Waals surface area contributed by atoms with Crippen molar-refractivity contribution in [1.82, 2.24) is 15.3 Å². The molecule has 2 aliphatic rings. The average Bonchev–Trinajstić information content (AvgIpc) is 3.16. The summed E-state index contributed by atoms with van der Waals surface area (Å²) in [7, 11) is 0. The quantitative estimate of drug-likeness (QED) is 0.409. The monoisotopic (exact) mass is 445 g/mol. The largest absolute Gasteiger partial charge is 0.489 e. The first kappa shape index (κ1) is 21.8. The number of anilines is 3. The Morgan fingerprint density at radius 3 is 2.91 bits per heavy atom. The maximum atomic E-state index is 13.7. The molecule has 10 nitrogen and oxygen atoms in total. The number of aliphatic carboxylic acids is 1. The number of carboxylic acid groups (broad SMARTS) is 1. The number of hydrogen-bond donors (Lipinski definition) is 5. The number of rotatable bonds is 8. The van der Waals surface area contributed by atoms with E-state index in [4.69, 9.17) is 14.9 Å². The SMILES string of the molecule is O=C(O)CNC(=O)C1CCC2Nc3ncnc(Nc4ccc(F)cc4OCCO)c3C2C1. The molecule has 0 saturated heterocycles. The molecule has 4 rings (SSSR count). The number of aromatic nitrogens is 2. The number of nitrogens with one attached hydrogen (secondary N) is 3. The van der Waals surface area contributed by atoms with Crippen molar-refractivity contribution in [2.24, 2.45) is 5.92 Å². The number of carbonyl (C=O) groups is 2. The molecule has 3 atom stereocenters. The van der Waals surface area contributed by atoms with Gasteiger partial charge >= 0.3 is 5.97 Å². The molecule has 1 fully saturated rings. The summed E-state index contributed by atoms with van der Waals surface area (Å²) in [5.41, 5.74) is 1.31.